The molecule has 0 aliphatic heterocycles. The lowest BCUT2D eigenvalue weighted by atomic mass is 9.94. The van der Waals surface area contributed by atoms with E-state index in [0.29, 0.717) is 6.42 Å². The molecule has 2 atom stereocenters. The summed E-state index contributed by atoms with van der Waals surface area (Å²) < 4.78 is 26.5. The fourth-order valence-corrected chi connectivity index (χ4v) is 3.41. The molecule has 0 radical (unpaired) electrons. The summed E-state index contributed by atoms with van der Waals surface area (Å²) in [5.41, 5.74) is 0. The lowest BCUT2D eigenvalue weighted by Gasteiger charge is -2.24. The number of rotatable bonds is 5. The third-order valence-electron chi connectivity index (χ3n) is 3.48. The summed E-state index contributed by atoms with van der Waals surface area (Å²) in [5, 5.41) is 5.42. The largest absolute Gasteiger partial charge is 0.314 e. The summed E-state index contributed by atoms with van der Waals surface area (Å²) >= 11 is 1.71. The van der Waals surface area contributed by atoms with Gasteiger partial charge in [-0.25, -0.2) is 8.78 Å². The molecule has 1 fully saturated rings. The molecule has 1 nitrogen and oxygen atoms in total. The van der Waals surface area contributed by atoms with Crippen molar-refractivity contribution in [3.63, 3.8) is 0 Å². The summed E-state index contributed by atoms with van der Waals surface area (Å²) in [5.74, 6) is -2.32. The molecule has 1 aliphatic rings. The lowest BCUT2D eigenvalue weighted by Crippen LogP contribution is -2.37. The van der Waals surface area contributed by atoms with Gasteiger partial charge in [0, 0.05) is 23.8 Å². The molecule has 0 bridgehead atoms. The van der Waals surface area contributed by atoms with Crippen molar-refractivity contribution in [2.75, 3.05) is 6.54 Å². The van der Waals surface area contributed by atoms with Crippen molar-refractivity contribution in [3.05, 3.63) is 22.4 Å². The van der Waals surface area contributed by atoms with Crippen LogP contribution in [0.1, 0.15) is 31.1 Å². The second-order valence-electron chi connectivity index (χ2n) is 4.81. The van der Waals surface area contributed by atoms with Crippen LogP contribution >= 0.6 is 11.3 Å². The predicted octanol–water partition coefficient (Wildman–Crippen LogP) is 3.70. The standard InChI is InChI=1S/C13H19F2NS/c1-2-16-12(8-11-4-3-7-17-11)10-5-6-13(14,15)9-10/h3-4,7,10,12,16H,2,5-6,8-9H2,1H3. The third-order valence-corrected chi connectivity index (χ3v) is 4.38. The van der Waals surface area contributed by atoms with Crippen LogP contribution in [-0.2, 0) is 6.42 Å². The topological polar surface area (TPSA) is 12.0 Å². The van der Waals surface area contributed by atoms with Gasteiger partial charge in [0.25, 0.3) is 0 Å². The third kappa shape index (κ3) is 3.49. The molecule has 96 valence electrons. The highest BCUT2D eigenvalue weighted by molar-refractivity contribution is 7.09. The SMILES string of the molecule is CCNC(Cc1cccs1)C1CCC(F)(F)C1. The van der Waals surface area contributed by atoms with Crippen molar-refractivity contribution in [2.45, 2.75) is 44.6 Å². The predicted molar refractivity (Wildman–Crippen MR) is 67.8 cm³/mol. The maximum atomic E-state index is 13.2. The van der Waals surface area contributed by atoms with Crippen molar-refractivity contribution in [1.82, 2.24) is 5.32 Å². The lowest BCUT2D eigenvalue weighted by molar-refractivity contribution is 0.00334. The Morgan fingerprint density at radius 1 is 1.59 bits per heavy atom. The molecule has 1 N–H and O–H groups in total. The zero-order valence-electron chi connectivity index (χ0n) is 10.1. The summed E-state index contributed by atoms with van der Waals surface area (Å²) in [6.45, 7) is 2.88. The van der Waals surface area contributed by atoms with E-state index < -0.39 is 5.92 Å². The molecule has 1 heterocycles. The molecule has 0 aromatic carbocycles. The van der Waals surface area contributed by atoms with Crippen molar-refractivity contribution in [2.24, 2.45) is 5.92 Å². The van der Waals surface area contributed by atoms with E-state index in [0.717, 1.165) is 13.0 Å². The van der Waals surface area contributed by atoms with Gasteiger partial charge < -0.3 is 5.32 Å². The summed E-state index contributed by atoms with van der Waals surface area (Å²) in [7, 11) is 0. The van der Waals surface area contributed by atoms with Gasteiger partial charge in [0.05, 0.1) is 0 Å². The Hall–Kier alpha value is -0.480. The molecular formula is C13H19F2NS. The first-order chi connectivity index (χ1) is 8.11. The van der Waals surface area contributed by atoms with E-state index in [4.69, 9.17) is 0 Å². The van der Waals surface area contributed by atoms with Gasteiger partial charge in [0.1, 0.15) is 0 Å². The number of nitrogens with one attached hydrogen (secondary N) is 1. The van der Waals surface area contributed by atoms with Crippen molar-refractivity contribution in [1.29, 1.82) is 0 Å². The Kier molecular flexibility index (Phi) is 4.15. The zero-order chi connectivity index (χ0) is 12.3. The first kappa shape index (κ1) is 13.0. The monoisotopic (exact) mass is 259 g/mol. The Labute approximate surface area is 105 Å². The van der Waals surface area contributed by atoms with Gasteiger partial charge >= 0.3 is 0 Å². The quantitative estimate of drug-likeness (QED) is 0.850. The van der Waals surface area contributed by atoms with Crippen LogP contribution in [-0.4, -0.2) is 18.5 Å². The van der Waals surface area contributed by atoms with E-state index in [1.54, 1.807) is 11.3 Å². The van der Waals surface area contributed by atoms with Crippen LogP contribution < -0.4 is 5.32 Å². The zero-order valence-corrected chi connectivity index (χ0v) is 10.9. The first-order valence-corrected chi connectivity index (χ1v) is 7.12. The molecule has 1 aliphatic carbocycles. The highest BCUT2D eigenvalue weighted by atomic mass is 32.1. The van der Waals surface area contributed by atoms with Gasteiger partial charge in [-0.3, -0.25) is 0 Å². The molecule has 4 heteroatoms. The van der Waals surface area contributed by atoms with E-state index >= 15 is 0 Å². The minimum Gasteiger partial charge on any atom is -0.314 e. The van der Waals surface area contributed by atoms with Gasteiger partial charge in [0.15, 0.2) is 0 Å². The van der Waals surface area contributed by atoms with Crippen molar-refractivity contribution >= 4 is 11.3 Å². The van der Waals surface area contributed by atoms with Gasteiger partial charge in [-0.2, -0.15) is 0 Å². The summed E-state index contributed by atoms with van der Waals surface area (Å²) in [6.07, 6.45) is 1.64. The summed E-state index contributed by atoms with van der Waals surface area (Å²) in [6, 6.07) is 4.31. The number of alkyl halides is 2. The average Bonchev–Trinajstić information content (AvgIpc) is 2.87. The van der Waals surface area contributed by atoms with Crippen LogP contribution in [0.5, 0.6) is 0 Å². The van der Waals surface area contributed by atoms with E-state index in [2.05, 4.69) is 11.4 Å². The molecule has 0 spiro atoms. The second-order valence-corrected chi connectivity index (χ2v) is 5.84. The molecule has 0 amide bonds. The van der Waals surface area contributed by atoms with Gasteiger partial charge in [0.2, 0.25) is 5.92 Å². The summed E-state index contributed by atoms with van der Waals surface area (Å²) in [4.78, 5) is 1.28. The minimum atomic E-state index is -2.44. The van der Waals surface area contributed by atoms with Gasteiger partial charge in [-0.15, -0.1) is 11.3 Å². The molecular weight excluding hydrogens is 240 g/mol. The van der Waals surface area contributed by atoms with E-state index in [1.807, 2.05) is 18.4 Å². The molecule has 2 rings (SSSR count). The molecule has 0 saturated heterocycles. The van der Waals surface area contributed by atoms with Crippen LogP contribution in [0.4, 0.5) is 8.78 Å². The highest BCUT2D eigenvalue weighted by Crippen LogP contribution is 2.41. The van der Waals surface area contributed by atoms with Crippen LogP contribution in [0.15, 0.2) is 17.5 Å². The highest BCUT2D eigenvalue weighted by Gasteiger charge is 2.42. The first-order valence-electron chi connectivity index (χ1n) is 6.24. The van der Waals surface area contributed by atoms with Crippen LogP contribution in [0.2, 0.25) is 0 Å². The number of thiophene rings is 1. The van der Waals surface area contributed by atoms with E-state index in [9.17, 15) is 8.78 Å². The van der Waals surface area contributed by atoms with E-state index in [1.165, 1.54) is 4.88 Å². The fraction of sp³-hybridized carbons (Fsp3) is 0.692. The van der Waals surface area contributed by atoms with E-state index in [-0.39, 0.29) is 24.8 Å². The maximum Gasteiger partial charge on any atom is 0.248 e. The Morgan fingerprint density at radius 3 is 2.94 bits per heavy atom. The molecule has 17 heavy (non-hydrogen) atoms. The van der Waals surface area contributed by atoms with Crippen LogP contribution in [0.3, 0.4) is 0 Å². The molecule has 1 saturated carbocycles. The molecule has 1 aromatic rings. The number of halogens is 2. The normalized spacial score (nSPS) is 25.0. The van der Waals surface area contributed by atoms with Gasteiger partial charge in [-0.05, 0) is 36.8 Å². The van der Waals surface area contributed by atoms with Crippen LogP contribution in [0, 0.1) is 5.92 Å². The van der Waals surface area contributed by atoms with Crippen molar-refractivity contribution in [3.8, 4) is 0 Å². The number of hydrogen-bond acceptors (Lipinski definition) is 2. The molecule has 1 aromatic heterocycles. The number of likely N-dealkylation sites (N-methyl/N-ethyl adjacent to an activating group) is 1. The number of hydrogen-bond donors (Lipinski definition) is 1. The van der Waals surface area contributed by atoms with Gasteiger partial charge in [-0.1, -0.05) is 13.0 Å². The Balaban J connectivity index is 1.97. The Morgan fingerprint density at radius 2 is 2.41 bits per heavy atom. The smallest absolute Gasteiger partial charge is 0.248 e. The second kappa shape index (κ2) is 5.44. The van der Waals surface area contributed by atoms with Crippen LogP contribution in [0.25, 0.3) is 0 Å². The maximum absolute atomic E-state index is 13.2. The average molecular weight is 259 g/mol. The molecule has 2 unspecified atom stereocenters. The fourth-order valence-electron chi connectivity index (χ4n) is 2.64. The minimum absolute atomic E-state index is 0.0516. The Bertz CT molecular complexity index is 337. The van der Waals surface area contributed by atoms with Crippen molar-refractivity contribution < 1.29 is 8.78 Å².